The number of halogens is 1. The molecule has 1 rings (SSSR count). The van der Waals surface area contributed by atoms with Crippen LogP contribution < -0.4 is 5.32 Å². The summed E-state index contributed by atoms with van der Waals surface area (Å²) in [6.07, 6.45) is 3.00. The number of rotatable bonds is 5. The van der Waals surface area contributed by atoms with Gasteiger partial charge in [0.2, 0.25) is 0 Å². The quantitative estimate of drug-likeness (QED) is 0.756. The minimum atomic E-state index is -0.701. The van der Waals surface area contributed by atoms with Crippen LogP contribution in [0.3, 0.4) is 0 Å². The largest absolute Gasteiger partial charge is 0.508 e. The van der Waals surface area contributed by atoms with Gasteiger partial charge in [0.25, 0.3) is 5.91 Å². The predicted octanol–water partition coefficient (Wildman–Crippen LogP) is 2.45. The molecule has 16 heavy (non-hydrogen) atoms. The molecule has 0 fully saturated rings. The molecular weight excluding hydrogens is 209 g/mol. The molecule has 2 N–H and O–H groups in total. The topological polar surface area (TPSA) is 49.3 Å². The minimum Gasteiger partial charge on any atom is -0.508 e. The monoisotopic (exact) mass is 225 g/mol. The zero-order valence-electron chi connectivity index (χ0n) is 9.29. The highest BCUT2D eigenvalue weighted by molar-refractivity contribution is 5.94. The van der Waals surface area contributed by atoms with Crippen molar-refractivity contribution < 1.29 is 14.3 Å². The molecule has 0 aliphatic carbocycles. The van der Waals surface area contributed by atoms with E-state index in [2.05, 4.69) is 12.2 Å². The van der Waals surface area contributed by atoms with E-state index in [1.165, 1.54) is 12.1 Å². The molecule has 0 atom stereocenters. The van der Waals surface area contributed by atoms with Crippen LogP contribution >= 0.6 is 0 Å². The molecular formula is C12H16FNO2. The Morgan fingerprint density at radius 3 is 2.81 bits per heavy atom. The number of amides is 1. The van der Waals surface area contributed by atoms with E-state index in [0.717, 1.165) is 25.3 Å². The van der Waals surface area contributed by atoms with Gasteiger partial charge in [-0.1, -0.05) is 19.8 Å². The molecule has 0 saturated heterocycles. The second-order valence-electron chi connectivity index (χ2n) is 3.63. The number of nitrogens with one attached hydrogen (secondary N) is 1. The lowest BCUT2D eigenvalue weighted by molar-refractivity contribution is 0.0949. The average Bonchev–Trinajstić information content (AvgIpc) is 2.24. The number of hydrogen-bond donors (Lipinski definition) is 2. The van der Waals surface area contributed by atoms with Gasteiger partial charge < -0.3 is 10.4 Å². The van der Waals surface area contributed by atoms with E-state index in [1.54, 1.807) is 0 Å². The molecule has 1 aromatic rings. The number of phenolic OH excluding ortho intramolecular Hbond substituents is 1. The van der Waals surface area contributed by atoms with Crippen molar-refractivity contribution in [2.75, 3.05) is 6.54 Å². The van der Waals surface area contributed by atoms with Crippen LogP contribution in [-0.4, -0.2) is 17.6 Å². The Balaban J connectivity index is 2.53. The van der Waals surface area contributed by atoms with Gasteiger partial charge in [0.15, 0.2) is 0 Å². The van der Waals surface area contributed by atoms with Gasteiger partial charge in [-0.2, -0.15) is 0 Å². The Hall–Kier alpha value is -1.58. The fraction of sp³-hybridized carbons (Fsp3) is 0.417. The molecule has 3 nitrogen and oxygen atoms in total. The number of unbranched alkanes of at least 4 members (excludes halogenated alkanes) is 2. The van der Waals surface area contributed by atoms with Gasteiger partial charge in [-0.05, 0) is 18.6 Å². The SMILES string of the molecule is CCCCCNC(=O)c1ccc(O)cc1F. The third-order valence-electron chi connectivity index (χ3n) is 2.26. The average molecular weight is 225 g/mol. The molecule has 0 spiro atoms. The van der Waals surface area contributed by atoms with E-state index in [9.17, 15) is 9.18 Å². The number of carbonyl (C=O) groups excluding carboxylic acids is 1. The maximum atomic E-state index is 13.3. The summed E-state index contributed by atoms with van der Waals surface area (Å²) in [4.78, 5) is 11.5. The second kappa shape index (κ2) is 6.10. The highest BCUT2D eigenvalue weighted by Crippen LogP contribution is 2.14. The van der Waals surface area contributed by atoms with Crippen molar-refractivity contribution in [1.29, 1.82) is 0 Å². The molecule has 0 aliphatic rings. The second-order valence-corrected chi connectivity index (χ2v) is 3.63. The van der Waals surface area contributed by atoms with E-state index in [0.29, 0.717) is 6.54 Å². The van der Waals surface area contributed by atoms with Crippen molar-refractivity contribution >= 4 is 5.91 Å². The third kappa shape index (κ3) is 3.53. The van der Waals surface area contributed by atoms with Crippen molar-refractivity contribution in [2.45, 2.75) is 26.2 Å². The van der Waals surface area contributed by atoms with E-state index in [4.69, 9.17) is 5.11 Å². The van der Waals surface area contributed by atoms with E-state index < -0.39 is 11.7 Å². The van der Waals surface area contributed by atoms with Gasteiger partial charge in [-0.15, -0.1) is 0 Å². The summed E-state index contributed by atoms with van der Waals surface area (Å²) in [5.74, 6) is -1.32. The first-order chi connectivity index (χ1) is 7.65. The Morgan fingerprint density at radius 1 is 1.44 bits per heavy atom. The van der Waals surface area contributed by atoms with Crippen molar-refractivity contribution in [3.63, 3.8) is 0 Å². The highest BCUT2D eigenvalue weighted by atomic mass is 19.1. The number of aromatic hydroxyl groups is 1. The molecule has 0 aromatic heterocycles. The molecule has 1 aromatic carbocycles. The molecule has 88 valence electrons. The smallest absolute Gasteiger partial charge is 0.254 e. The van der Waals surface area contributed by atoms with Gasteiger partial charge in [-0.25, -0.2) is 4.39 Å². The fourth-order valence-electron chi connectivity index (χ4n) is 1.36. The summed E-state index contributed by atoms with van der Waals surface area (Å²) in [7, 11) is 0. The molecule has 0 bridgehead atoms. The summed E-state index contributed by atoms with van der Waals surface area (Å²) in [6.45, 7) is 2.62. The molecule has 0 heterocycles. The van der Waals surface area contributed by atoms with Crippen LogP contribution in [0.15, 0.2) is 18.2 Å². The Morgan fingerprint density at radius 2 is 2.19 bits per heavy atom. The number of benzene rings is 1. The first-order valence-electron chi connectivity index (χ1n) is 5.42. The Kier molecular flexibility index (Phi) is 4.76. The normalized spacial score (nSPS) is 10.1. The molecule has 4 heteroatoms. The number of phenols is 1. The van der Waals surface area contributed by atoms with Crippen LogP contribution in [0.5, 0.6) is 5.75 Å². The van der Waals surface area contributed by atoms with Gasteiger partial charge in [0.05, 0.1) is 5.56 Å². The predicted molar refractivity (Wildman–Crippen MR) is 59.9 cm³/mol. The summed E-state index contributed by atoms with van der Waals surface area (Å²) in [5.41, 5.74) is -0.0331. The maximum Gasteiger partial charge on any atom is 0.254 e. The Bertz CT molecular complexity index is 366. The lowest BCUT2D eigenvalue weighted by atomic mass is 10.2. The van der Waals surface area contributed by atoms with Crippen molar-refractivity contribution in [2.24, 2.45) is 0 Å². The number of carbonyl (C=O) groups is 1. The van der Waals surface area contributed by atoms with Gasteiger partial charge in [-0.3, -0.25) is 4.79 Å². The summed E-state index contributed by atoms with van der Waals surface area (Å²) >= 11 is 0. The van der Waals surface area contributed by atoms with Gasteiger partial charge >= 0.3 is 0 Å². The summed E-state index contributed by atoms with van der Waals surface area (Å²) < 4.78 is 13.3. The van der Waals surface area contributed by atoms with Crippen molar-refractivity contribution in [3.8, 4) is 5.75 Å². The van der Waals surface area contributed by atoms with E-state index in [-0.39, 0.29) is 11.3 Å². The first-order valence-corrected chi connectivity index (χ1v) is 5.42. The zero-order valence-corrected chi connectivity index (χ0v) is 9.29. The maximum absolute atomic E-state index is 13.3. The third-order valence-corrected chi connectivity index (χ3v) is 2.26. The lowest BCUT2D eigenvalue weighted by Crippen LogP contribution is -2.25. The van der Waals surface area contributed by atoms with E-state index in [1.807, 2.05) is 0 Å². The first kappa shape index (κ1) is 12.5. The summed E-state index contributed by atoms with van der Waals surface area (Å²) in [6, 6.07) is 3.50. The summed E-state index contributed by atoms with van der Waals surface area (Å²) in [5, 5.41) is 11.6. The highest BCUT2D eigenvalue weighted by Gasteiger charge is 2.11. The van der Waals surface area contributed by atoms with Crippen LogP contribution in [0.25, 0.3) is 0 Å². The number of hydrogen-bond acceptors (Lipinski definition) is 2. The lowest BCUT2D eigenvalue weighted by Gasteiger charge is -2.05. The van der Waals surface area contributed by atoms with Crippen LogP contribution in [0, 0.1) is 5.82 Å². The zero-order chi connectivity index (χ0) is 12.0. The van der Waals surface area contributed by atoms with Crippen molar-refractivity contribution in [1.82, 2.24) is 5.32 Å². The standard InChI is InChI=1S/C12H16FNO2/c1-2-3-4-7-14-12(16)10-6-5-9(15)8-11(10)13/h5-6,8,15H,2-4,7H2,1H3,(H,14,16). The van der Waals surface area contributed by atoms with Crippen LogP contribution in [0.4, 0.5) is 4.39 Å². The van der Waals surface area contributed by atoms with Gasteiger partial charge in [0.1, 0.15) is 11.6 Å². The minimum absolute atomic E-state index is 0.0331. The molecule has 0 saturated carbocycles. The van der Waals surface area contributed by atoms with Crippen LogP contribution in [0.1, 0.15) is 36.5 Å². The molecule has 0 unspecified atom stereocenters. The van der Waals surface area contributed by atoms with Crippen LogP contribution in [-0.2, 0) is 0 Å². The molecule has 0 radical (unpaired) electrons. The van der Waals surface area contributed by atoms with E-state index >= 15 is 0 Å². The molecule has 1 amide bonds. The van der Waals surface area contributed by atoms with Crippen LogP contribution in [0.2, 0.25) is 0 Å². The molecule has 0 aliphatic heterocycles. The van der Waals surface area contributed by atoms with Gasteiger partial charge in [0, 0.05) is 12.6 Å². The fourth-order valence-corrected chi connectivity index (χ4v) is 1.36. The van der Waals surface area contributed by atoms with Crippen molar-refractivity contribution in [3.05, 3.63) is 29.6 Å². The Labute approximate surface area is 94.3 Å².